The van der Waals surface area contributed by atoms with Gasteiger partial charge in [0, 0.05) is 16.1 Å². The summed E-state index contributed by atoms with van der Waals surface area (Å²) in [6.45, 7) is 3.50. The van der Waals surface area contributed by atoms with Gasteiger partial charge < -0.3 is 9.30 Å². The summed E-state index contributed by atoms with van der Waals surface area (Å²) < 4.78 is 33.3. The SMILES string of the molecule is CCOC(=O)Cn1c(C)c(S(=O)(=O)c2ccc(Cl)cc2)c2c(Cl)cccc21. The molecule has 0 amide bonds. The van der Waals surface area contributed by atoms with Crippen LogP contribution < -0.4 is 0 Å². The number of carbonyl (C=O) groups excluding carboxylic acids is 1. The molecule has 0 aliphatic carbocycles. The standard InChI is InChI=1S/C19H17Cl2NO4S/c1-3-26-17(23)11-22-12(2)19(18-15(21)5-4-6-16(18)22)27(24,25)14-9-7-13(20)8-10-14/h4-10H,3,11H2,1-2H3. The topological polar surface area (TPSA) is 65.4 Å². The van der Waals surface area contributed by atoms with E-state index in [4.69, 9.17) is 27.9 Å². The minimum absolute atomic E-state index is 0.0784. The third-order valence-corrected chi connectivity index (χ3v) is 6.72. The molecule has 0 spiro atoms. The Balaban J connectivity index is 2.28. The van der Waals surface area contributed by atoms with Crippen LogP contribution >= 0.6 is 23.2 Å². The maximum absolute atomic E-state index is 13.3. The fraction of sp³-hybridized carbons (Fsp3) is 0.211. The van der Waals surface area contributed by atoms with Gasteiger partial charge in [-0.25, -0.2) is 8.42 Å². The largest absolute Gasteiger partial charge is 0.465 e. The maximum atomic E-state index is 13.3. The van der Waals surface area contributed by atoms with Crippen LogP contribution in [0.15, 0.2) is 52.3 Å². The summed E-state index contributed by atoms with van der Waals surface area (Å²) in [5.74, 6) is -0.451. The van der Waals surface area contributed by atoms with E-state index in [0.717, 1.165) is 0 Å². The predicted molar refractivity (Wildman–Crippen MR) is 105 cm³/mol. The number of esters is 1. The molecular formula is C19H17Cl2NO4S. The van der Waals surface area contributed by atoms with Crippen molar-refractivity contribution in [1.29, 1.82) is 0 Å². The molecule has 0 aliphatic rings. The Bertz CT molecular complexity index is 1120. The third kappa shape index (κ3) is 3.57. The van der Waals surface area contributed by atoms with Crippen molar-refractivity contribution >= 4 is 49.9 Å². The second-order valence-electron chi connectivity index (χ2n) is 5.90. The fourth-order valence-corrected chi connectivity index (χ4v) is 5.21. The molecule has 0 saturated carbocycles. The smallest absolute Gasteiger partial charge is 0.325 e. The minimum atomic E-state index is -3.88. The Hall–Kier alpha value is -2.02. The highest BCUT2D eigenvalue weighted by Gasteiger charge is 2.29. The van der Waals surface area contributed by atoms with Crippen molar-refractivity contribution in [2.75, 3.05) is 6.61 Å². The molecule has 142 valence electrons. The van der Waals surface area contributed by atoms with Gasteiger partial charge in [-0.05, 0) is 50.2 Å². The number of carbonyl (C=O) groups is 1. The first-order valence-electron chi connectivity index (χ1n) is 8.21. The van der Waals surface area contributed by atoms with E-state index in [1.807, 2.05) is 0 Å². The van der Waals surface area contributed by atoms with Crippen LogP contribution in [0.1, 0.15) is 12.6 Å². The molecule has 0 aliphatic heterocycles. The minimum Gasteiger partial charge on any atom is -0.465 e. The van der Waals surface area contributed by atoms with Crippen LogP contribution in [0.3, 0.4) is 0 Å². The molecule has 0 unspecified atom stereocenters. The van der Waals surface area contributed by atoms with E-state index in [1.54, 1.807) is 36.6 Å². The van der Waals surface area contributed by atoms with Gasteiger partial charge in [0.15, 0.2) is 0 Å². The third-order valence-electron chi connectivity index (χ3n) is 4.23. The van der Waals surface area contributed by atoms with Crippen LogP contribution in [0, 0.1) is 6.92 Å². The van der Waals surface area contributed by atoms with E-state index in [2.05, 4.69) is 0 Å². The van der Waals surface area contributed by atoms with Crippen molar-refractivity contribution in [3.05, 3.63) is 58.2 Å². The number of benzene rings is 2. The summed E-state index contributed by atoms with van der Waals surface area (Å²) in [5, 5.41) is 1.12. The number of ether oxygens (including phenoxy) is 1. The maximum Gasteiger partial charge on any atom is 0.325 e. The molecule has 8 heteroatoms. The van der Waals surface area contributed by atoms with Crippen molar-refractivity contribution in [1.82, 2.24) is 4.57 Å². The van der Waals surface area contributed by atoms with Gasteiger partial charge in [0.05, 0.1) is 22.0 Å². The molecule has 1 heterocycles. The fourth-order valence-electron chi connectivity index (χ4n) is 3.05. The van der Waals surface area contributed by atoms with E-state index in [-0.39, 0.29) is 22.9 Å². The molecule has 0 bridgehead atoms. The quantitative estimate of drug-likeness (QED) is 0.557. The second-order valence-corrected chi connectivity index (χ2v) is 8.63. The van der Waals surface area contributed by atoms with E-state index >= 15 is 0 Å². The molecule has 5 nitrogen and oxygen atoms in total. The van der Waals surface area contributed by atoms with E-state index in [9.17, 15) is 13.2 Å². The zero-order chi connectivity index (χ0) is 19.8. The lowest BCUT2D eigenvalue weighted by atomic mass is 10.2. The van der Waals surface area contributed by atoms with Gasteiger partial charge in [0.25, 0.3) is 0 Å². The first kappa shape index (κ1) is 19.7. The van der Waals surface area contributed by atoms with E-state index < -0.39 is 15.8 Å². The van der Waals surface area contributed by atoms with Gasteiger partial charge in [-0.2, -0.15) is 0 Å². The average Bonchev–Trinajstić information content (AvgIpc) is 2.90. The summed E-state index contributed by atoms with van der Waals surface area (Å²) in [5.41, 5.74) is 0.974. The Kier molecular flexibility index (Phi) is 5.51. The summed E-state index contributed by atoms with van der Waals surface area (Å²) in [4.78, 5) is 12.2. The van der Waals surface area contributed by atoms with Gasteiger partial charge in [0.2, 0.25) is 9.84 Å². The second kappa shape index (κ2) is 7.54. The predicted octanol–water partition coefficient (Wildman–Crippen LogP) is 4.65. The molecule has 0 atom stereocenters. The van der Waals surface area contributed by atoms with Crippen LogP contribution in [0.4, 0.5) is 0 Å². The number of hydrogen-bond acceptors (Lipinski definition) is 4. The first-order chi connectivity index (χ1) is 12.8. The first-order valence-corrected chi connectivity index (χ1v) is 10.4. The number of rotatable bonds is 5. The summed E-state index contributed by atoms with van der Waals surface area (Å²) >= 11 is 12.2. The molecule has 0 N–H and O–H groups in total. The normalized spacial score (nSPS) is 11.7. The number of sulfone groups is 1. The van der Waals surface area contributed by atoms with Crippen molar-refractivity contribution in [2.24, 2.45) is 0 Å². The van der Waals surface area contributed by atoms with Gasteiger partial charge >= 0.3 is 5.97 Å². The average molecular weight is 426 g/mol. The molecule has 2 aromatic carbocycles. The number of halogens is 2. The van der Waals surface area contributed by atoms with Crippen LogP contribution in [0.5, 0.6) is 0 Å². The van der Waals surface area contributed by atoms with Crippen LogP contribution in [-0.4, -0.2) is 25.6 Å². The number of aromatic nitrogens is 1. The molecule has 1 aromatic heterocycles. The van der Waals surface area contributed by atoms with E-state index in [1.165, 1.54) is 24.3 Å². The lowest BCUT2D eigenvalue weighted by molar-refractivity contribution is -0.143. The monoisotopic (exact) mass is 425 g/mol. The number of fused-ring (bicyclic) bond motifs is 1. The van der Waals surface area contributed by atoms with Crippen LogP contribution in [-0.2, 0) is 25.9 Å². The van der Waals surface area contributed by atoms with Gasteiger partial charge in [-0.3, -0.25) is 4.79 Å². The molecule has 3 rings (SSSR count). The van der Waals surface area contributed by atoms with Crippen molar-refractivity contribution in [2.45, 2.75) is 30.2 Å². The van der Waals surface area contributed by atoms with Crippen LogP contribution in [0.2, 0.25) is 10.0 Å². The Morgan fingerprint density at radius 3 is 2.41 bits per heavy atom. The zero-order valence-corrected chi connectivity index (χ0v) is 17.0. The molecule has 3 aromatic rings. The molecule has 0 radical (unpaired) electrons. The zero-order valence-electron chi connectivity index (χ0n) is 14.7. The van der Waals surface area contributed by atoms with Crippen molar-refractivity contribution < 1.29 is 17.9 Å². The van der Waals surface area contributed by atoms with Crippen molar-refractivity contribution in [3.8, 4) is 0 Å². The van der Waals surface area contributed by atoms with Crippen molar-refractivity contribution in [3.63, 3.8) is 0 Å². The van der Waals surface area contributed by atoms with E-state index in [0.29, 0.717) is 26.6 Å². The summed E-state index contributed by atoms with van der Waals surface area (Å²) in [6.07, 6.45) is 0. The van der Waals surface area contributed by atoms with Gasteiger partial charge in [-0.1, -0.05) is 29.3 Å². The lowest BCUT2D eigenvalue weighted by Crippen LogP contribution is -2.15. The van der Waals surface area contributed by atoms with Gasteiger partial charge in [0.1, 0.15) is 11.4 Å². The Labute approximate surface area is 167 Å². The highest BCUT2D eigenvalue weighted by atomic mass is 35.5. The molecular weight excluding hydrogens is 409 g/mol. The van der Waals surface area contributed by atoms with Gasteiger partial charge in [-0.15, -0.1) is 0 Å². The lowest BCUT2D eigenvalue weighted by Gasteiger charge is -2.09. The Morgan fingerprint density at radius 2 is 1.78 bits per heavy atom. The number of hydrogen-bond donors (Lipinski definition) is 0. The highest BCUT2D eigenvalue weighted by Crippen LogP contribution is 2.38. The summed E-state index contributed by atoms with van der Waals surface area (Å²) in [6, 6.07) is 11.0. The molecule has 0 fully saturated rings. The molecule has 27 heavy (non-hydrogen) atoms. The number of nitrogens with zero attached hydrogens (tertiary/aromatic N) is 1. The highest BCUT2D eigenvalue weighted by molar-refractivity contribution is 7.91. The Morgan fingerprint density at radius 1 is 1.11 bits per heavy atom. The summed E-state index contributed by atoms with van der Waals surface area (Å²) in [7, 11) is -3.88. The molecule has 0 saturated heterocycles. The van der Waals surface area contributed by atoms with Crippen LogP contribution in [0.25, 0.3) is 10.9 Å².